The maximum absolute atomic E-state index is 6.01. The van der Waals surface area contributed by atoms with Crippen LogP contribution in [-0.2, 0) is 6.61 Å². The Morgan fingerprint density at radius 1 is 1.00 bits per heavy atom. The van der Waals surface area contributed by atoms with Crippen molar-refractivity contribution in [2.24, 2.45) is 0 Å². The lowest BCUT2D eigenvalue weighted by Crippen LogP contribution is -1.97. The Kier molecular flexibility index (Phi) is 3.32. The third-order valence-electron chi connectivity index (χ3n) is 2.23. The van der Waals surface area contributed by atoms with Gasteiger partial charge in [-0.2, -0.15) is 0 Å². The third-order valence-corrected chi connectivity index (χ3v) is 2.63. The van der Waals surface area contributed by atoms with Crippen LogP contribution in [0.4, 0.5) is 5.69 Å². The summed E-state index contributed by atoms with van der Waals surface area (Å²) in [6, 6.07) is 15.3. The molecule has 82 valence electrons. The lowest BCUT2D eigenvalue weighted by atomic mass is 10.2. The van der Waals surface area contributed by atoms with Crippen LogP contribution < -0.4 is 10.5 Å². The highest BCUT2D eigenvalue weighted by molar-refractivity contribution is 6.34. The van der Waals surface area contributed by atoms with Crippen molar-refractivity contribution in [3.05, 3.63) is 59.1 Å². The van der Waals surface area contributed by atoms with Gasteiger partial charge >= 0.3 is 0 Å². The topological polar surface area (TPSA) is 35.2 Å². The zero-order valence-electron chi connectivity index (χ0n) is 8.69. The molecule has 0 radical (unpaired) electrons. The van der Waals surface area contributed by atoms with Gasteiger partial charge in [-0.25, -0.2) is 0 Å². The Morgan fingerprint density at radius 3 is 2.50 bits per heavy atom. The molecule has 0 spiro atoms. The second kappa shape index (κ2) is 4.90. The SMILES string of the molecule is Nc1cccc(OCc2ccccc2)c1Cl. The summed E-state index contributed by atoms with van der Waals surface area (Å²) in [4.78, 5) is 0. The number of nitrogens with two attached hydrogens (primary N) is 1. The molecule has 2 aromatic carbocycles. The fraction of sp³-hybridized carbons (Fsp3) is 0.0769. The molecule has 0 atom stereocenters. The summed E-state index contributed by atoms with van der Waals surface area (Å²) in [5.74, 6) is 0.616. The quantitative estimate of drug-likeness (QED) is 0.824. The molecule has 0 amide bonds. The van der Waals surface area contributed by atoms with Crippen molar-refractivity contribution in [1.29, 1.82) is 0 Å². The average Bonchev–Trinajstić information content (AvgIpc) is 2.32. The van der Waals surface area contributed by atoms with Crippen molar-refractivity contribution in [3.8, 4) is 5.75 Å². The summed E-state index contributed by atoms with van der Waals surface area (Å²) in [7, 11) is 0. The first-order valence-electron chi connectivity index (χ1n) is 4.98. The Morgan fingerprint density at radius 2 is 1.75 bits per heavy atom. The summed E-state index contributed by atoms with van der Waals surface area (Å²) in [6.45, 7) is 0.490. The number of benzene rings is 2. The molecule has 3 heteroatoms. The fourth-order valence-corrected chi connectivity index (χ4v) is 1.56. The Labute approximate surface area is 99.6 Å². The summed E-state index contributed by atoms with van der Waals surface area (Å²) >= 11 is 6.01. The van der Waals surface area contributed by atoms with E-state index in [0.29, 0.717) is 23.1 Å². The van der Waals surface area contributed by atoms with E-state index >= 15 is 0 Å². The molecule has 0 saturated carbocycles. The van der Waals surface area contributed by atoms with Gasteiger partial charge < -0.3 is 10.5 Å². The van der Waals surface area contributed by atoms with Gasteiger partial charge in [-0.15, -0.1) is 0 Å². The van der Waals surface area contributed by atoms with E-state index in [1.54, 1.807) is 6.07 Å². The lowest BCUT2D eigenvalue weighted by Gasteiger charge is -2.09. The first-order valence-corrected chi connectivity index (χ1v) is 5.36. The third kappa shape index (κ3) is 2.47. The van der Waals surface area contributed by atoms with Gasteiger partial charge in [-0.3, -0.25) is 0 Å². The van der Waals surface area contributed by atoms with E-state index in [1.165, 1.54) is 0 Å². The maximum atomic E-state index is 6.01. The lowest BCUT2D eigenvalue weighted by molar-refractivity contribution is 0.306. The van der Waals surface area contributed by atoms with Crippen molar-refractivity contribution < 1.29 is 4.74 Å². The van der Waals surface area contributed by atoms with Crippen LogP contribution in [0.1, 0.15) is 5.56 Å². The molecule has 2 rings (SSSR count). The number of ether oxygens (including phenoxy) is 1. The maximum Gasteiger partial charge on any atom is 0.140 e. The molecule has 0 fully saturated rings. The van der Waals surface area contributed by atoms with Gasteiger partial charge in [0.25, 0.3) is 0 Å². The van der Waals surface area contributed by atoms with Gasteiger partial charge in [0.15, 0.2) is 0 Å². The highest BCUT2D eigenvalue weighted by Gasteiger charge is 2.04. The molecule has 0 aliphatic heterocycles. The molecule has 0 saturated heterocycles. The van der Waals surface area contributed by atoms with Crippen molar-refractivity contribution in [2.45, 2.75) is 6.61 Å². The fourth-order valence-electron chi connectivity index (χ4n) is 1.37. The minimum absolute atomic E-state index is 0.471. The number of nitrogen functional groups attached to an aromatic ring is 1. The second-order valence-corrected chi connectivity index (χ2v) is 3.81. The van der Waals surface area contributed by atoms with Gasteiger partial charge in [-0.05, 0) is 17.7 Å². The Hall–Kier alpha value is -1.67. The smallest absolute Gasteiger partial charge is 0.140 e. The van der Waals surface area contributed by atoms with Crippen LogP contribution in [0, 0.1) is 0 Å². The molecule has 2 N–H and O–H groups in total. The average molecular weight is 234 g/mol. The predicted octanol–water partition coefficient (Wildman–Crippen LogP) is 3.50. The van der Waals surface area contributed by atoms with Gasteiger partial charge in [0, 0.05) is 0 Å². The first-order chi connectivity index (χ1) is 7.77. The zero-order valence-corrected chi connectivity index (χ0v) is 9.45. The van der Waals surface area contributed by atoms with E-state index in [9.17, 15) is 0 Å². The number of hydrogen-bond acceptors (Lipinski definition) is 2. The monoisotopic (exact) mass is 233 g/mol. The summed E-state index contributed by atoms with van der Waals surface area (Å²) in [5, 5.41) is 0.471. The van der Waals surface area contributed by atoms with Crippen molar-refractivity contribution in [3.63, 3.8) is 0 Å². The summed E-state index contributed by atoms with van der Waals surface area (Å²) in [5.41, 5.74) is 7.31. The molecule has 0 aliphatic carbocycles. The molecule has 2 nitrogen and oxygen atoms in total. The van der Waals surface area contributed by atoms with Crippen molar-refractivity contribution >= 4 is 17.3 Å². The number of rotatable bonds is 3. The molecule has 0 aromatic heterocycles. The largest absolute Gasteiger partial charge is 0.487 e. The zero-order chi connectivity index (χ0) is 11.4. The minimum Gasteiger partial charge on any atom is -0.487 e. The van der Waals surface area contributed by atoms with Crippen LogP contribution in [0.15, 0.2) is 48.5 Å². The van der Waals surface area contributed by atoms with Crippen LogP contribution in [0.2, 0.25) is 5.02 Å². The number of halogens is 1. The molecule has 0 heterocycles. The second-order valence-electron chi connectivity index (χ2n) is 3.43. The normalized spacial score (nSPS) is 10.1. The number of hydrogen-bond donors (Lipinski definition) is 1. The Bertz CT molecular complexity index is 471. The highest BCUT2D eigenvalue weighted by atomic mass is 35.5. The molecule has 0 bridgehead atoms. The van der Waals surface area contributed by atoms with E-state index in [2.05, 4.69) is 0 Å². The summed E-state index contributed by atoms with van der Waals surface area (Å²) < 4.78 is 5.59. The van der Waals surface area contributed by atoms with Crippen LogP contribution in [0.5, 0.6) is 5.75 Å². The molecular weight excluding hydrogens is 222 g/mol. The standard InChI is InChI=1S/C13H12ClNO/c14-13-11(15)7-4-8-12(13)16-9-10-5-2-1-3-6-10/h1-8H,9,15H2. The highest BCUT2D eigenvalue weighted by Crippen LogP contribution is 2.30. The molecule has 0 aliphatic rings. The van der Waals surface area contributed by atoms with Crippen LogP contribution >= 0.6 is 11.6 Å². The molecular formula is C13H12ClNO. The number of anilines is 1. The van der Waals surface area contributed by atoms with Crippen LogP contribution in [0.25, 0.3) is 0 Å². The molecule has 2 aromatic rings. The minimum atomic E-state index is 0.471. The van der Waals surface area contributed by atoms with Crippen molar-refractivity contribution in [1.82, 2.24) is 0 Å². The van der Waals surface area contributed by atoms with Gasteiger partial charge in [0.2, 0.25) is 0 Å². The van der Waals surface area contributed by atoms with E-state index in [0.717, 1.165) is 5.56 Å². The molecule has 16 heavy (non-hydrogen) atoms. The summed E-state index contributed by atoms with van der Waals surface area (Å²) in [6.07, 6.45) is 0. The van der Waals surface area contributed by atoms with E-state index in [1.807, 2.05) is 42.5 Å². The molecule has 0 unspecified atom stereocenters. The van der Waals surface area contributed by atoms with E-state index in [-0.39, 0.29) is 0 Å². The van der Waals surface area contributed by atoms with Crippen molar-refractivity contribution in [2.75, 3.05) is 5.73 Å². The van der Waals surface area contributed by atoms with Crippen LogP contribution in [-0.4, -0.2) is 0 Å². The first kappa shape index (κ1) is 10.8. The van der Waals surface area contributed by atoms with Gasteiger partial charge in [-0.1, -0.05) is 48.0 Å². The van der Waals surface area contributed by atoms with Gasteiger partial charge in [0.1, 0.15) is 17.4 Å². The van der Waals surface area contributed by atoms with E-state index in [4.69, 9.17) is 22.1 Å². The van der Waals surface area contributed by atoms with E-state index < -0.39 is 0 Å². The predicted molar refractivity (Wildman–Crippen MR) is 66.6 cm³/mol. The van der Waals surface area contributed by atoms with Gasteiger partial charge in [0.05, 0.1) is 5.69 Å². The Balaban J connectivity index is 2.08. The van der Waals surface area contributed by atoms with Crippen LogP contribution in [0.3, 0.4) is 0 Å².